The molecule has 20 heavy (non-hydrogen) atoms. The predicted molar refractivity (Wildman–Crippen MR) is 73.5 cm³/mol. The van der Waals surface area contributed by atoms with Crippen LogP contribution < -0.4 is 0 Å². The summed E-state index contributed by atoms with van der Waals surface area (Å²) in [6, 6.07) is 4.48. The van der Waals surface area contributed by atoms with E-state index in [0.717, 1.165) is 6.42 Å². The van der Waals surface area contributed by atoms with Gasteiger partial charge in [0.1, 0.15) is 5.60 Å². The van der Waals surface area contributed by atoms with Gasteiger partial charge in [-0.3, -0.25) is 4.79 Å². The first-order valence-electron chi connectivity index (χ1n) is 6.55. The zero-order valence-electron chi connectivity index (χ0n) is 10.8. The van der Waals surface area contributed by atoms with Crippen LogP contribution in [-0.2, 0) is 4.84 Å². The monoisotopic (exact) mass is 296 g/mol. The minimum Gasteiger partial charge on any atom is -0.389 e. The normalized spacial score (nSPS) is 20.2. The van der Waals surface area contributed by atoms with Gasteiger partial charge in [-0.2, -0.15) is 0 Å². The largest absolute Gasteiger partial charge is 0.389 e. The molecular formula is C14H14ClFN2O2. The number of likely N-dealkylation sites (tertiary alicyclic amines) is 1. The van der Waals surface area contributed by atoms with Crippen molar-refractivity contribution < 1.29 is 14.0 Å². The third-order valence-electron chi connectivity index (χ3n) is 3.93. The van der Waals surface area contributed by atoms with Crippen LogP contribution in [0.1, 0.15) is 29.6 Å². The summed E-state index contributed by atoms with van der Waals surface area (Å²) in [4.78, 5) is 19.4. The van der Waals surface area contributed by atoms with Crippen LogP contribution in [0.3, 0.4) is 0 Å². The van der Waals surface area contributed by atoms with Gasteiger partial charge >= 0.3 is 0 Å². The van der Waals surface area contributed by atoms with Gasteiger partial charge in [0.15, 0.2) is 5.82 Å². The van der Waals surface area contributed by atoms with Gasteiger partial charge in [0, 0.05) is 38.6 Å². The number of hydrogen-bond acceptors (Lipinski definition) is 3. The minimum absolute atomic E-state index is 0.0250. The number of oxime groups is 1. The fourth-order valence-corrected chi connectivity index (χ4v) is 2.82. The number of carbonyl (C=O) groups excluding carboxylic acids is 1. The molecule has 4 nitrogen and oxygen atoms in total. The van der Waals surface area contributed by atoms with Crippen molar-refractivity contribution >= 4 is 23.7 Å². The first kappa shape index (κ1) is 13.4. The third kappa shape index (κ3) is 2.26. The molecule has 0 aromatic heterocycles. The van der Waals surface area contributed by atoms with E-state index in [-0.39, 0.29) is 22.1 Å². The average molecular weight is 297 g/mol. The van der Waals surface area contributed by atoms with E-state index in [0.29, 0.717) is 25.9 Å². The summed E-state index contributed by atoms with van der Waals surface area (Å²) in [7, 11) is 0. The van der Waals surface area contributed by atoms with Crippen molar-refractivity contribution in [2.75, 3.05) is 13.1 Å². The Kier molecular flexibility index (Phi) is 3.38. The van der Waals surface area contributed by atoms with Crippen LogP contribution in [-0.4, -0.2) is 35.7 Å². The molecule has 0 aliphatic carbocycles. The van der Waals surface area contributed by atoms with E-state index in [1.165, 1.54) is 12.1 Å². The topological polar surface area (TPSA) is 41.9 Å². The molecule has 0 unspecified atom stereocenters. The van der Waals surface area contributed by atoms with Gasteiger partial charge in [0.25, 0.3) is 5.91 Å². The highest BCUT2D eigenvalue weighted by atomic mass is 35.5. The van der Waals surface area contributed by atoms with E-state index in [9.17, 15) is 9.18 Å². The number of carbonyl (C=O) groups is 1. The number of benzene rings is 1. The third-order valence-corrected chi connectivity index (χ3v) is 4.22. The van der Waals surface area contributed by atoms with Crippen LogP contribution in [0.4, 0.5) is 4.39 Å². The maximum Gasteiger partial charge on any atom is 0.256 e. The van der Waals surface area contributed by atoms with Crippen LogP contribution in [0.25, 0.3) is 0 Å². The lowest BCUT2D eigenvalue weighted by Gasteiger charge is -2.37. The quantitative estimate of drug-likeness (QED) is 0.799. The van der Waals surface area contributed by atoms with Crippen LogP contribution in [0.5, 0.6) is 0 Å². The molecule has 0 saturated carbocycles. The maximum atomic E-state index is 13.9. The molecular weight excluding hydrogens is 283 g/mol. The minimum atomic E-state index is -0.653. The molecule has 0 radical (unpaired) electrons. The van der Waals surface area contributed by atoms with Crippen LogP contribution in [0.15, 0.2) is 23.4 Å². The Morgan fingerprint density at radius 2 is 2.15 bits per heavy atom. The molecule has 2 heterocycles. The summed E-state index contributed by atoms with van der Waals surface area (Å²) in [6.45, 7) is 1.07. The van der Waals surface area contributed by atoms with Gasteiger partial charge in [-0.15, -0.1) is 0 Å². The van der Waals surface area contributed by atoms with Crippen molar-refractivity contribution in [3.8, 4) is 0 Å². The Hall–Kier alpha value is -1.62. The maximum absolute atomic E-state index is 13.9. The zero-order chi connectivity index (χ0) is 14.2. The van der Waals surface area contributed by atoms with E-state index >= 15 is 0 Å². The number of amides is 1. The van der Waals surface area contributed by atoms with E-state index in [4.69, 9.17) is 16.4 Å². The summed E-state index contributed by atoms with van der Waals surface area (Å²) in [5.74, 6) is -0.973. The molecule has 2 aliphatic rings. The van der Waals surface area contributed by atoms with E-state index in [2.05, 4.69) is 5.16 Å². The van der Waals surface area contributed by atoms with Crippen molar-refractivity contribution in [1.82, 2.24) is 4.90 Å². The van der Waals surface area contributed by atoms with Gasteiger partial charge in [-0.05, 0) is 12.1 Å². The molecule has 1 amide bonds. The van der Waals surface area contributed by atoms with Crippen molar-refractivity contribution in [3.05, 3.63) is 34.6 Å². The smallest absolute Gasteiger partial charge is 0.256 e. The Morgan fingerprint density at radius 1 is 1.40 bits per heavy atom. The molecule has 0 atom stereocenters. The Balaban J connectivity index is 1.71. The second kappa shape index (κ2) is 5.05. The molecule has 0 bridgehead atoms. The van der Waals surface area contributed by atoms with E-state index in [1.807, 2.05) is 0 Å². The second-order valence-corrected chi connectivity index (χ2v) is 5.57. The molecule has 1 aromatic carbocycles. The molecule has 1 spiro atoms. The SMILES string of the molecule is O=C(c1cccc(Cl)c1F)N1CCC2(CC=NO2)CC1. The molecule has 3 rings (SSSR count). The Labute approximate surface area is 121 Å². The van der Waals surface area contributed by atoms with Crippen molar-refractivity contribution in [3.63, 3.8) is 0 Å². The lowest BCUT2D eigenvalue weighted by Crippen LogP contribution is -2.46. The van der Waals surface area contributed by atoms with Gasteiger partial charge in [-0.25, -0.2) is 4.39 Å². The Morgan fingerprint density at radius 3 is 2.80 bits per heavy atom. The summed E-state index contributed by atoms with van der Waals surface area (Å²) in [5, 5.41) is 3.78. The highest BCUT2D eigenvalue weighted by Gasteiger charge is 2.40. The van der Waals surface area contributed by atoms with Gasteiger partial charge < -0.3 is 9.74 Å². The van der Waals surface area contributed by atoms with Gasteiger partial charge in [0.05, 0.1) is 10.6 Å². The number of halogens is 2. The summed E-state index contributed by atoms with van der Waals surface area (Å²) < 4.78 is 13.9. The number of rotatable bonds is 1. The van der Waals surface area contributed by atoms with Crippen molar-refractivity contribution in [1.29, 1.82) is 0 Å². The van der Waals surface area contributed by atoms with E-state index in [1.54, 1.807) is 17.2 Å². The molecule has 1 fully saturated rings. The van der Waals surface area contributed by atoms with Crippen LogP contribution in [0.2, 0.25) is 5.02 Å². The summed E-state index contributed by atoms with van der Waals surface area (Å²) >= 11 is 5.71. The van der Waals surface area contributed by atoms with Crippen molar-refractivity contribution in [2.45, 2.75) is 24.9 Å². The molecule has 2 aliphatic heterocycles. The average Bonchev–Trinajstić information content (AvgIpc) is 2.90. The first-order chi connectivity index (χ1) is 9.61. The fourth-order valence-electron chi connectivity index (χ4n) is 2.64. The molecule has 1 saturated heterocycles. The summed E-state index contributed by atoms with van der Waals surface area (Å²) in [6.07, 6.45) is 3.95. The molecule has 6 heteroatoms. The molecule has 0 N–H and O–H groups in total. The van der Waals surface area contributed by atoms with Gasteiger partial charge in [0.2, 0.25) is 0 Å². The lowest BCUT2D eigenvalue weighted by atomic mass is 9.89. The lowest BCUT2D eigenvalue weighted by molar-refractivity contribution is -0.0568. The standard InChI is InChI=1S/C14H14ClFN2O2/c15-11-3-1-2-10(12(11)16)13(19)18-8-5-14(6-9-18)4-7-17-20-14/h1-3,7H,4-6,8-9H2. The van der Waals surface area contributed by atoms with E-state index < -0.39 is 5.82 Å². The van der Waals surface area contributed by atoms with Crippen LogP contribution >= 0.6 is 11.6 Å². The second-order valence-electron chi connectivity index (χ2n) is 5.16. The summed E-state index contributed by atoms with van der Waals surface area (Å²) in [5.41, 5.74) is -0.235. The zero-order valence-corrected chi connectivity index (χ0v) is 11.6. The van der Waals surface area contributed by atoms with Crippen LogP contribution in [0, 0.1) is 5.82 Å². The highest BCUT2D eigenvalue weighted by Crippen LogP contribution is 2.33. The number of nitrogens with zero attached hydrogens (tertiary/aromatic N) is 2. The Bertz CT molecular complexity index is 558. The predicted octanol–water partition coefficient (Wildman–Crippen LogP) is 2.86. The molecule has 1 aromatic rings. The first-order valence-corrected chi connectivity index (χ1v) is 6.92. The van der Waals surface area contributed by atoms with Crippen molar-refractivity contribution in [2.24, 2.45) is 5.16 Å². The number of piperidine rings is 1. The fraction of sp³-hybridized carbons (Fsp3) is 0.429. The van der Waals surface area contributed by atoms with Gasteiger partial charge in [-0.1, -0.05) is 22.8 Å². The molecule has 106 valence electrons. The highest BCUT2D eigenvalue weighted by molar-refractivity contribution is 6.31. The number of hydrogen-bond donors (Lipinski definition) is 0.